The molecule has 2 nitrogen and oxygen atoms in total. The van der Waals surface area contributed by atoms with Crippen LogP contribution in [-0.2, 0) is 9.53 Å². The Balaban J connectivity index is 2.08. The Hall–Kier alpha value is -0.530. The topological polar surface area (TPSA) is 26.3 Å². The molecule has 0 N–H and O–H groups in total. The van der Waals surface area contributed by atoms with Crippen LogP contribution in [0.4, 0.5) is 0 Å². The summed E-state index contributed by atoms with van der Waals surface area (Å²) in [5.41, 5.74) is 0.409. The van der Waals surface area contributed by atoms with E-state index in [0.717, 1.165) is 6.42 Å². The van der Waals surface area contributed by atoms with Gasteiger partial charge in [-0.05, 0) is 24.2 Å². The fraction of sp³-hybridized carbons (Fsp3) is 0.900. The Morgan fingerprint density at radius 2 is 2.25 bits per heavy atom. The van der Waals surface area contributed by atoms with E-state index in [1.165, 1.54) is 6.42 Å². The Morgan fingerprint density at radius 3 is 2.83 bits per heavy atom. The maximum atomic E-state index is 11.4. The molecule has 2 heteroatoms. The van der Waals surface area contributed by atoms with E-state index in [4.69, 9.17) is 4.74 Å². The van der Waals surface area contributed by atoms with E-state index in [1.54, 1.807) is 0 Å². The first-order chi connectivity index (χ1) is 5.62. The van der Waals surface area contributed by atoms with Gasteiger partial charge in [-0.3, -0.25) is 4.79 Å². The molecule has 3 aliphatic rings. The summed E-state index contributed by atoms with van der Waals surface area (Å²) in [7, 11) is 0. The summed E-state index contributed by atoms with van der Waals surface area (Å²) in [5.74, 6) is 1.50. The fourth-order valence-corrected chi connectivity index (χ4v) is 3.57. The molecule has 0 amide bonds. The normalized spacial score (nSPS) is 61.0. The fourth-order valence-electron chi connectivity index (χ4n) is 3.57. The summed E-state index contributed by atoms with van der Waals surface area (Å²) in [6.07, 6.45) is 2.56. The van der Waals surface area contributed by atoms with Crippen molar-refractivity contribution in [3.63, 3.8) is 0 Å². The van der Waals surface area contributed by atoms with E-state index in [1.807, 2.05) is 0 Å². The number of hydrogen-bond donors (Lipinski definition) is 0. The molecule has 2 saturated carbocycles. The second kappa shape index (κ2) is 1.70. The van der Waals surface area contributed by atoms with Gasteiger partial charge in [0.1, 0.15) is 6.10 Å². The molecule has 0 spiro atoms. The second-order valence-corrected chi connectivity index (χ2v) is 5.02. The highest BCUT2D eigenvalue weighted by Gasteiger charge is 2.65. The highest BCUT2D eigenvalue weighted by atomic mass is 16.6. The Morgan fingerprint density at radius 1 is 1.50 bits per heavy atom. The van der Waals surface area contributed by atoms with E-state index in [9.17, 15) is 4.79 Å². The summed E-state index contributed by atoms with van der Waals surface area (Å²) in [4.78, 5) is 11.4. The quantitative estimate of drug-likeness (QED) is 0.511. The first kappa shape index (κ1) is 6.93. The highest BCUT2D eigenvalue weighted by molar-refractivity contribution is 5.76. The molecule has 12 heavy (non-hydrogen) atoms. The van der Waals surface area contributed by atoms with E-state index in [-0.39, 0.29) is 18.0 Å². The average Bonchev–Trinajstić information content (AvgIpc) is 2.52. The van der Waals surface area contributed by atoms with Crippen LogP contribution in [0.3, 0.4) is 0 Å². The number of carbonyl (C=O) groups is 1. The summed E-state index contributed by atoms with van der Waals surface area (Å²) >= 11 is 0. The smallest absolute Gasteiger partial charge is 0.309 e. The van der Waals surface area contributed by atoms with Crippen molar-refractivity contribution in [1.29, 1.82) is 0 Å². The molecule has 5 atom stereocenters. The van der Waals surface area contributed by atoms with Gasteiger partial charge >= 0.3 is 5.97 Å². The minimum absolute atomic E-state index is 0.0816. The molecular weight excluding hydrogens is 152 g/mol. The van der Waals surface area contributed by atoms with E-state index in [2.05, 4.69) is 13.8 Å². The third-order valence-electron chi connectivity index (χ3n) is 4.47. The molecule has 0 aromatic carbocycles. The number of carbonyl (C=O) groups excluding carboxylic acids is 1. The van der Waals surface area contributed by atoms with Crippen molar-refractivity contribution in [2.45, 2.75) is 32.8 Å². The molecule has 66 valence electrons. The van der Waals surface area contributed by atoms with E-state index in [0.29, 0.717) is 17.3 Å². The molecule has 1 aliphatic heterocycles. The van der Waals surface area contributed by atoms with Crippen molar-refractivity contribution < 1.29 is 9.53 Å². The van der Waals surface area contributed by atoms with Gasteiger partial charge in [0.2, 0.25) is 0 Å². The molecule has 2 bridgehead atoms. The number of hydrogen-bond acceptors (Lipinski definition) is 2. The zero-order chi connectivity index (χ0) is 8.51. The van der Waals surface area contributed by atoms with Gasteiger partial charge in [-0.2, -0.15) is 0 Å². The predicted octanol–water partition coefficient (Wildman–Crippen LogP) is 1.59. The van der Waals surface area contributed by atoms with Gasteiger partial charge < -0.3 is 4.74 Å². The lowest BCUT2D eigenvalue weighted by Crippen LogP contribution is -2.29. The summed E-state index contributed by atoms with van der Waals surface area (Å²) in [6.45, 7) is 4.55. The van der Waals surface area contributed by atoms with Gasteiger partial charge in [0.05, 0.1) is 5.92 Å². The minimum Gasteiger partial charge on any atom is -0.462 e. The molecule has 3 fully saturated rings. The number of fused-ring (bicyclic) bond motifs is 1. The van der Waals surface area contributed by atoms with Crippen LogP contribution >= 0.6 is 0 Å². The summed E-state index contributed by atoms with van der Waals surface area (Å²) in [5, 5.41) is 0. The van der Waals surface area contributed by atoms with Crippen LogP contribution < -0.4 is 0 Å². The average molecular weight is 166 g/mol. The van der Waals surface area contributed by atoms with E-state index < -0.39 is 0 Å². The molecule has 3 rings (SSSR count). The predicted molar refractivity (Wildman–Crippen MR) is 43.4 cm³/mol. The first-order valence-corrected chi connectivity index (χ1v) is 4.82. The van der Waals surface area contributed by atoms with E-state index >= 15 is 0 Å². The first-order valence-electron chi connectivity index (χ1n) is 4.82. The van der Waals surface area contributed by atoms with Crippen LogP contribution in [0.1, 0.15) is 26.7 Å². The minimum atomic E-state index is 0.0816. The lowest BCUT2D eigenvalue weighted by atomic mass is 9.74. The van der Waals surface area contributed by atoms with Crippen molar-refractivity contribution in [3.05, 3.63) is 0 Å². The second-order valence-electron chi connectivity index (χ2n) is 5.02. The molecule has 0 radical (unpaired) electrons. The maximum Gasteiger partial charge on any atom is 0.309 e. The highest BCUT2D eigenvalue weighted by Crippen LogP contribution is 2.63. The molecule has 2 aliphatic carbocycles. The van der Waals surface area contributed by atoms with Crippen molar-refractivity contribution in [2.75, 3.05) is 0 Å². The van der Waals surface area contributed by atoms with Gasteiger partial charge in [0.25, 0.3) is 0 Å². The van der Waals surface area contributed by atoms with Crippen LogP contribution in [0, 0.1) is 23.2 Å². The molecule has 0 aromatic rings. The number of esters is 1. The number of ether oxygens (including phenoxy) is 1. The van der Waals surface area contributed by atoms with Gasteiger partial charge in [-0.25, -0.2) is 0 Å². The van der Waals surface area contributed by atoms with Crippen LogP contribution in [0.25, 0.3) is 0 Å². The Bertz CT molecular complexity index is 261. The molecule has 0 aromatic heterocycles. The van der Waals surface area contributed by atoms with Gasteiger partial charge in [-0.15, -0.1) is 0 Å². The zero-order valence-corrected chi connectivity index (χ0v) is 7.54. The van der Waals surface area contributed by atoms with Crippen LogP contribution in [0.2, 0.25) is 0 Å². The molecule has 5 unspecified atom stereocenters. The standard InChI is InChI=1S/C10H14O2/c1-5-8-6-3-10(5,2)4-7(6)9(11)12-8/h5-8H,3-4H2,1-2H3. The zero-order valence-electron chi connectivity index (χ0n) is 7.54. The van der Waals surface area contributed by atoms with Gasteiger partial charge in [0, 0.05) is 5.92 Å². The van der Waals surface area contributed by atoms with Crippen LogP contribution in [-0.4, -0.2) is 12.1 Å². The summed E-state index contributed by atoms with van der Waals surface area (Å²) in [6, 6.07) is 0. The van der Waals surface area contributed by atoms with Crippen LogP contribution in [0.15, 0.2) is 0 Å². The molecular formula is C10H14O2. The SMILES string of the molecule is CC1C2OC(=O)C3CC1(C)CC32. The maximum absolute atomic E-state index is 11.4. The Kier molecular flexibility index (Phi) is 0.984. The van der Waals surface area contributed by atoms with Gasteiger partial charge in [0.15, 0.2) is 0 Å². The van der Waals surface area contributed by atoms with Crippen LogP contribution in [0.5, 0.6) is 0 Å². The third-order valence-corrected chi connectivity index (χ3v) is 4.47. The molecule has 1 saturated heterocycles. The number of rotatable bonds is 0. The third kappa shape index (κ3) is 0.540. The lowest BCUT2D eigenvalue weighted by Gasteiger charge is -2.29. The lowest BCUT2D eigenvalue weighted by molar-refractivity contribution is -0.144. The van der Waals surface area contributed by atoms with Crippen molar-refractivity contribution in [2.24, 2.45) is 23.2 Å². The monoisotopic (exact) mass is 166 g/mol. The van der Waals surface area contributed by atoms with Crippen molar-refractivity contribution >= 4 is 5.97 Å². The van der Waals surface area contributed by atoms with Crippen molar-refractivity contribution in [3.8, 4) is 0 Å². The largest absolute Gasteiger partial charge is 0.462 e. The van der Waals surface area contributed by atoms with Gasteiger partial charge in [-0.1, -0.05) is 13.8 Å². The summed E-state index contributed by atoms with van der Waals surface area (Å²) < 4.78 is 5.38. The Labute approximate surface area is 72.3 Å². The van der Waals surface area contributed by atoms with Crippen molar-refractivity contribution in [1.82, 2.24) is 0 Å². The molecule has 1 heterocycles.